The smallest absolute Gasteiger partial charge is 0.287 e. The van der Waals surface area contributed by atoms with Crippen molar-refractivity contribution in [2.75, 3.05) is 0 Å². The van der Waals surface area contributed by atoms with Crippen LogP contribution in [0.2, 0.25) is 5.02 Å². The molecule has 1 N–H and O–H groups in total. The summed E-state index contributed by atoms with van der Waals surface area (Å²) < 4.78 is 8.07. The van der Waals surface area contributed by atoms with Crippen molar-refractivity contribution in [2.24, 2.45) is 0 Å². The van der Waals surface area contributed by atoms with Crippen LogP contribution >= 0.6 is 39.3 Å². The minimum atomic E-state index is -0.315. The number of hydrogen-bond acceptors (Lipinski definition) is 5. The maximum absolute atomic E-state index is 12.2. The molecule has 0 bridgehead atoms. The summed E-state index contributed by atoms with van der Waals surface area (Å²) >= 11 is 11.2. The van der Waals surface area contributed by atoms with E-state index in [4.69, 9.17) is 16.0 Å². The molecule has 0 unspecified atom stereocenters. The highest BCUT2D eigenvalue weighted by Crippen LogP contribution is 2.27. The Bertz CT molecular complexity index is 1150. The largest absolute Gasteiger partial charge is 0.459 e. The fourth-order valence-corrected chi connectivity index (χ4v) is 4.14. The van der Waals surface area contributed by atoms with Crippen molar-refractivity contribution in [1.29, 1.82) is 0 Å². The molecule has 9 heteroatoms. The maximum Gasteiger partial charge on any atom is 0.287 e. The molecule has 0 atom stereocenters. The molecule has 0 saturated heterocycles. The fourth-order valence-electron chi connectivity index (χ4n) is 2.77. The molecule has 0 spiro atoms. The predicted octanol–water partition coefficient (Wildman–Crippen LogP) is 5.50. The highest BCUT2D eigenvalue weighted by atomic mass is 79.9. The summed E-state index contributed by atoms with van der Waals surface area (Å²) in [7, 11) is 0. The van der Waals surface area contributed by atoms with Crippen LogP contribution in [0, 0.1) is 0 Å². The lowest BCUT2D eigenvalue weighted by molar-refractivity contribution is 0.0922. The number of furan rings is 1. The number of hydrogen-bond donors (Lipinski definition) is 1. The van der Waals surface area contributed by atoms with E-state index in [0.717, 1.165) is 21.5 Å². The van der Waals surface area contributed by atoms with Gasteiger partial charge in [0.05, 0.1) is 18.5 Å². The van der Waals surface area contributed by atoms with E-state index in [1.807, 2.05) is 41.0 Å². The van der Waals surface area contributed by atoms with E-state index in [0.29, 0.717) is 16.0 Å². The number of amides is 1. The van der Waals surface area contributed by atoms with Crippen LogP contribution in [0.5, 0.6) is 0 Å². The van der Waals surface area contributed by atoms with E-state index in [1.165, 1.54) is 6.26 Å². The van der Waals surface area contributed by atoms with Crippen LogP contribution in [0.1, 0.15) is 21.9 Å². The molecule has 0 fully saturated rings. The van der Waals surface area contributed by atoms with Crippen molar-refractivity contribution in [2.45, 2.75) is 17.5 Å². The molecule has 0 radical (unpaired) electrons. The monoisotopic (exact) mass is 502 g/mol. The molecule has 30 heavy (non-hydrogen) atoms. The van der Waals surface area contributed by atoms with Gasteiger partial charge in [-0.25, -0.2) is 0 Å². The third kappa shape index (κ3) is 4.95. The number of thioether (sulfide) groups is 1. The van der Waals surface area contributed by atoms with E-state index < -0.39 is 0 Å². The Morgan fingerprint density at radius 2 is 1.97 bits per heavy atom. The summed E-state index contributed by atoms with van der Waals surface area (Å²) in [6.07, 6.45) is 1.46. The van der Waals surface area contributed by atoms with Crippen molar-refractivity contribution >= 4 is 45.2 Å². The molecule has 2 aromatic heterocycles. The van der Waals surface area contributed by atoms with Gasteiger partial charge in [0.1, 0.15) is 0 Å². The van der Waals surface area contributed by atoms with Gasteiger partial charge in [0.2, 0.25) is 0 Å². The minimum Gasteiger partial charge on any atom is -0.459 e. The lowest BCUT2D eigenvalue weighted by Crippen LogP contribution is -2.24. The van der Waals surface area contributed by atoms with Gasteiger partial charge in [-0.2, -0.15) is 0 Å². The summed E-state index contributed by atoms with van der Waals surface area (Å²) in [5, 5.41) is 12.8. The molecule has 0 aliphatic rings. The third-order valence-electron chi connectivity index (χ3n) is 4.20. The van der Waals surface area contributed by atoms with Gasteiger partial charge in [0.15, 0.2) is 16.7 Å². The van der Waals surface area contributed by atoms with E-state index in [9.17, 15) is 4.79 Å². The molecule has 4 rings (SSSR count). The molecule has 0 aliphatic heterocycles. The molecule has 0 saturated carbocycles. The van der Waals surface area contributed by atoms with Crippen molar-refractivity contribution in [3.05, 3.63) is 93.6 Å². The van der Waals surface area contributed by atoms with Crippen LogP contribution in [0.3, 0.4) is 0 Å². The third-order valence-corrected chi connectivity index (χ3v) is 5.96. The summed E-state index contributed by atoms with van der Waals surface area (Å²) in [6.45, 7) is 0.192. The van der Waals surface area contributed by atoms with E-state index in [2.05, 4.69) is 43.6 Å². The topological polar surface area (TPSA) is 73.0 Å². The highest BCUT2D eigenvalue weighted by Gasteiger charge is 2.17. The Kier molecular flexibility index (Phi) is 6.56. The Labute approximate surface area is 190 Å². The molecular formula is C21H16BrClN4O2S. The first-order chi connectivity index (χ1) is 14.6. The number of nitrogens with zero attached hydrogens (tertiary/aromatic N) is 3. The van der Waals surface area contributed by atoms with Gasteiger partial charge in [-0.3, -0.25) is 9.36 Å². The second-order valence-corrected chi connectivity index (χ2v) is 8.58. The maximum atomic E-state index is 12.2. The first-order valence-electron chi connectivity index (χ1n) is 8.99. The quantitative estimate of drug-likeness (QED) is 0.337. The molecule has 152 valence electrons. The molecule has 2 aromatic carbocycles. The van der Waals surface area contributed by atoms with Gasteiger partial charge in [-0.05, 0) is 48.0 Å². The van der Waals surface area contributed by atoms with Crippen LogP contribution in [0.25, 0.3) is 5.69 Å². The van der Waals surface area contributed by atoms with Crippen molar-refractivity contribution in [3.63, 3.8) is 0 Å². The Hall–Kier alpha value is -2.55. The number of rotatable bonds is 7. The van der Waals surface area contributed by atoms with E-state index in [1.54, 1.807) is 23.9 Å². The zero-order valence-corrected chi connectivity index (χ0v) is 18.7. The molecule has 2 heterocycles. The van der Waals surface area contributed by atoms with Gasteiger partial charge in [0, 0.05) is 15.2 Å². The number of nitrogens with one attached hydrogen (secondary N) is 1. The lowest BCUT2D eigenvalue weighted by Gasteiger charge is -2.11. The van der Waals surface area contributed by atoms with Crippen LogP contribution in [-0.4, -0.2) is 20.7 Å². The summed E-state index contributed by atoms with van der Waals surface area (Å²) in [6, 6.07) is 18.8. The SMILES string of the molecule is O=C(NCc1nnc(SCc2ccc(Br)cc2)n1-c1cccc(Cl)c1)c1ccco1. The van der Waals surface area contributed by atoms with Gasteiger partial charge >= 0.3 is 0 Å². The minimum absolute atomic E-state index is 0.192. The first-order valence-corrected chi connectivity index (χ1v) is 11.1. The number of aromatic nitrogens is 3. The molecular weight excluding hydrogens is 488 g/mol. The second kappa shape index (κ2) is 9.51. The van der Waals surface area contributed by atoms with Crippen molar-refractivity contribution in [3.8, 4) is 5.69 Å². The van der Waals surface area contributed by atoms with Crippen LogP contribution in [0.15, 0.2) is 81.0 Å². The normalized spacial score (nSPS) is 10.9. The van der Waals surface area contributed by atoms with Crippen LogP contribution in [0.4, 0.5) is 0 Å². The molecule has 6 nitrogen and oxygen atoms in total. The lowest BCUT2D eigenvalue weighted by atomic mass is 10.2. The summed E-state index contributed by atoms with van der Waals surface area (Å²) in [5.41, 5.74) is 1.99. The van der Waals surface area contributed by atoms with E-state index >= 15 is 0 Å². The van der Waals surface area contributed by atoms with Gasteiger partial charge in [-0.1, -0.05) is 57.5 Å². The summed E-state index contributed by atoms with van der Waals surface area (Å²) in [4.78, 5) is 12.2. The summed E-state index contributed by atoms with van der Waals surface area (Å²) in [5.74, 6) is 1.25. The predicted molar refractivity (Wildman–Crippen MR) is 120 cm³/mol. The number of carbonyl (C=O) groups is 1. The molecule has 4 aromatic rings. The average molecular weight is 504 g/mol. The van der Waals surface area contributed by atoms with Gasteiger partial charge in [-0.15, -0.1) is 10.2 Å². The molecule has 1 amide bonds. The Morgan fingerprint density at radius 1 is 1.13 bits per heavy atom. The zero-order chi connectivity index (χ0) is 20.9. The van der Waals surface area contributed by atoms with Gasteiger partial charge in [0.25, 0.3) is 5.91 Å². The fraction of sp³-hybridized carbons (Fsp3) is 0.0952. The van der Waals surface area contributed by atoms with Gasteiger partial charge < -0.3 is 9.73 Å². The number of carbonyl (C=O) groups excluding carboxylic acids is 1. The van der Waals surface area contributed by atoms with Crippen molar-refractivity contribution in [1.82, 2.24) is 20.1 Å². The van der Waals surface area contributed by atoms with Crippen LogP contribution < -0.4 is 5.32 Å². The average Bonchev–Trinajstić information content (AvgIpc) is 3.42. The Balaban J connectivity index is 1.58. The number of halogens is 2. The van der Waals surface area contributed by atoms with Crippen molar-refractivity contribution < 1.29 is 9.21 Å². The second-order valence-electron chi connectivity index (χ2n) is 6.29. The standard InChI is InChI=1S/C21H16BrClN4O2S/c22-15-8-6-14(7-9-15)13-30-21-26-25-19(12-24-20(28)18-5-2-10-29-18)27(21)17-4-1-3-16(23)11-17/h1-11H,12-13H2,(H,24,28). The number of benzene rings is 2. The molecule has 0 aliphatic carbocycles. The zero-order valence-electron chi connectivity index (χ0n) is 15.6. The van der Waals surface area contributed by atoms with E-state index in [-0.39, 0.29) is 18.2 Å². The van der Waals surface area contributed by atoms with Crippen LogP contribution in [-0.2, 0) is 12.3 Å². The Morgan fingerprint density at radius 3 is 2.70 bits per heavy atom. The first kappa shape index (κ1) is 20.7. The highest BCUT2D eigenvalue weighted by molar-refractivity contribution is 9.10.